The smallest absolute Gasteiger partial charge is 0.0195 e. The maximum Gasteiger partial charge on any atom is 0.0195 e. The lowest BCUT2D eigenvalue weighted by molar-refractivity contribution is 0.187. The first-order valence-electron chi connectivity index (χ1n) is 8.72. The van der Waals surface area contributed by atoms with Gasteiger partial charge in [-0.05, 0) is 75.0 Å². The number of hydrogen-bond donors (Lipinski definition) is 0. The monoisotopic (exact) mass is 281 g/mol. The van der Waals surface area contributed by atoms with Gasteiger partial charge in [-0.15, -0.1) is 0 Å². The summed E-state index contributed by atoms with van der Waals surface area (Å²) in [4.78, 5) is 2.76. The Balaban J connectivity index is 1.56. The third kappa shape index (κ3) is 2.57. The van der Waals surface area contributed by atoms with Crippen LogP contribution in [-0.2, 0) is 12.8 Å². The zero-order chi connectivity index (χ0) is 14.4. The predicted octanol–water partition coefficient (Wildman–Crippen LogP) is 4.46. The van der Waals surface area contributed by atoms with Crippen molar-refractivity contribution in [3.8, 4) is 0 Å². The number of benzene rings is 1. The maximum atomic E-state index is 2.76. The lowest BCUT2D eigenvalue weighted by Crippen LogP contribution is -2.43. The molecule has 0 aromatic heterocycles. The minimum absolute atomic E-state index is 0.778. The second-order valence-electron chi connectivity index (χ2n) is 7.44. The van der Waals surface area contributed by atoms with Gasteiger partial charge in [0.15, 0.2) is 0 Å². The van der Waals surface area contributed by atoms with E-state index in [4.69, 9.17) is 0 Å². The SMILES string of the molecule is CC1=C(C)CN(C2CCc3cccc(C4CC4)c3C2)CC1. The quantitative estimate of drug-likeness (QED) is 0.723. The third-order valence-corrected chi connectivity index (χ3v) is 5.97. The molecule has 0 radical (unpaired) electrons. The van der Waals surface area contributed by atoms with E-state index in [1.807, 2.05) is 0 Å². The molecule has 1 unspecified atom stereocenters. The molecule has 1 aromatic carbocycles. The molecule has 1 fully saturated rings. The Labute approximate surface area is 129 Å². The van der Waals surface area contributed by atoms with Crippen LogP contribution in [0.25, 0.3) is 0 Å². The number of hydrogen-bond acceptors (Lipinski definition) is 1. The van der Waals surface area contributed by atoms with Crippen LogP contribution in [0.5, 0.6) is 0 Å². The van der Waals surface area contributed by atoms with Crippen molar-refractivity contribution in [1.29, 1.82) is 0 Å². The van der Waals surface area contributed by atoms with Crippen molar-refractivity contribution in [1.82, 2.24) is 4.90 Å². The van der Waals surface area contributed by atoms with Gasteiger partial charge in [0.1, 0.15) is 0 Å². The highest BCUT2D eigenvalue weighted by atomic mass is 15.2. The van der Waals surface area contributed by atoms with Crippen molar-refractivity contribution in [2.75, 3.05) is 13.1 Å². The molecule has 21 heavy (non-hydrogen) atoms. The molecule has 0 bridgehead atoms. The molecule has 1 aliphatic heterocycles. The van der Waals surface area contributed by atoms with Crippen LogP contribution in [0.4, 0.5) is 0 Å². The van der Waals surface area contributed by atoms with Crippen LogP contribution in [-0.4, -0.2) is 24.0 Å². The molecule has 0 amide bonds. The first-order chi connectivity index (χ1) is 10.2. The van der Waals surface area contributed by atoms with Crippen LogP contribution in [0, 0.1) is 0 Å². The fourth-order valence-corrected chi connectivity index (χ4v) is 4.24. The topological polar surface area (TPSA) is 3.24 Å². The van der Waals surface area contributed by atoms with Gasteiger partial charge in [-0.25, -0.2) is 0 Å². The Kier molecular flexibility index (Phi) is 3.41. The van der Waals surface area contributed by atoms with E-state index in [0.717, 1.165) is 12.0 Å². The van der Waals surface area contributed by atoms with Crippen LogP contribution in [0.3, 0.4) is 0 Å². The summed E-state index contributed by atoms with van der Waals surface area (Å²) in [6, 6.07) is 7.86. The maximum absolute atomic E-state index is 2.76. The molecule has 1 atom stereocenters. The van der Waals surface area contributed by atoms with Crippen LogP contribution in [0.15, 0.2) is 29.3 Å². The second-order valence-corrected chi connectivity index (χ2v) is 7.44. The average Bonchev–Trinajstić information content (AvgIpc) is 3.33. The van der Waals surface area contributed by atoms with E-state index in [-0.39, 0.29) is 0 Å². The Morgan fingerprint density at radius 1 is 1.00 bits per heavy atom. The van der Waals surface area contributed by atoms with Gasteiger partial charge in [0, 0.05) is 19.1 Å². The Morgan fingerprint density at radius 2 is 1.86 bits per heavy atom. The molecule has 0 spiro atoms. The van der Waals surface area contributed by atoms with Crippen molar-refractivity contribution >= 4 is 0 Å². The highest BCUT2D eigenvalue weighted by Gasteiger charge is 2.31. The van der Waals surface area contributed by atoms with Gasteiger partial charge in [-0.3, -0.25) is 4.90 Å². The Morgan fingerprint density at radius 3 is 2.62 bits per heavy atom. The Hall–Kier alpha value is -1.08. The summed E-state index contributed by atoms with van der Waals surface area (Å²) in [6.07, 6.45) is 8.07. The molecule has 1 heterocycles. The summed E-state index contributed by atoms with van der Waals surface area (Å²) >= 11 is 0. The molecule has 0 saturated heterocycles. The van der Waals surface area contributed by atoms with E-state index < -0.39 is 0 Å². The number of fused-ring (bicyclic) bond motifs is 1. The molecule has 1 saturated carbocycles. The third-order valence-electron chi connectivity index (χ3n) is 5.97. The average molecular weight is 281 g/mol. The van der Waals surface area contributed by atoms with Crippen LogP contribution < -0.4 is 0 Å². The second kappa shape index (κ2) is 5.28. The van der Waals surface area contributed by atoms with E-state index in [2.05, 4.69) is 36.9 Å². The largest absolute Gasteiger partial charge is 0.296 e. The van der Waals surface area contributed by atoms with E-state index >= 15 is 0 Å². The molecule has 112 valence electrons. The first-order valence-corrected chi connectivity index (χ1v) is 8.72. The summed E-state index contributed by atoms with van der Waals surface area (Å²) in [5.74, 6) is 0.893. The molecular formula is C20H27N. The number of aryl methyl sites for hydroxylation is 1. The highest BCUT2D eigenvalue weighted by Crippen LogP contribution is 2.44. The zero-order valence-electron chi connectivity index (χ0n) is 13.5. The summed E-state index contributed by atoms with van der Waals surface area (Å²) in [6.45, 7) is 7.12. The predicted molar refractivity (Wildman–Crippen MR) is 88.8 cm³/mol. The van der Waals surface area contributed by atoms with Gasteiger partial charge in [0.05, 0.1) is 0 Å². The van der Waals surface area contributed by atoms with E-state index in [1.165, 1.54) is 51.6 Å². The van der Waals surface area contributed by atoms with Gasteiger partial charge in [-0.2, -0.15) is 0 Å². The normalized spacial score (nSPS) is 26.9. The summed E-state index contributed by atoms with van der Waals surface area (Å²) in [7, 11) is 0. The lowest BCUT2D eigenvalue weighted by atomic mass is 9.83. The van der Waals surface area contributed by atoms with E-state index in [9.17, 15) is 0 Å². The first kappa shape index (κ1) is 13.6. The molecule has 3 aliphatic rings. The van der Waals surface area contributed by atoms with Gasteiger partial charge in [-0.1, -0.05) is 29.3 Å². The summed E-state index contributed by atoms with van der Waals surface area (Å²) in [5, 5.41) is 0. The van der Waals surface area contributed by atoms with Gasteiger partial charge >= 0.3 is 0 Å². The van der Waals surface area contributed by atoms with Gasteiger partial charge in [0.25, 0.3) is 0 Å². The van der Waals surface area contributed by atoms with Crippen molar-refractivity contribution in [3.05, 3.63) is 46.0 Å². The summed E-state index contributed by atoms with van der Waals surface area (Å²) < 4.78 is 0. The lowest BCUT2D eigenvalue weighted by Gasteiger charge is -2.39. The molecule has 1 heteroatoms. The molecule has 1 nitrogen and oxygen atoms in total. The van der Waals surface area contributed by atoms with Crippen LogP contribution >= 0.6 is 0 Å². The van der Waals surface area contributed by atoms with Crippen molar-refractivity contribution in [2.24, 2.45) is 0 Å². The van der Waals surface area contributed by atoms with Crippen LogP contribution in [0.2, 0.25) is 0 Å². The Bertz CT molecular complexity index is 580. The van der Waals surface area contributed by atoms with Crippen molar-refractivity contribution < 1.29 is 0 Å². The molecule has 2 aliphatic carbocycles. The van der Waals surface area contributed by atoms with Gasteiger partial charge in [0.2, 0.25) is 0 Å². The summed E-state index contributed by atoms with van der Waals surface area (Å²) in [5.41, 5.74) is 8.30. The minimum atomic E-state index is 0.778. The molecule has 0 N–H and O–H groups in total. The zero-order valence-corrected chi connectivity index (χ0v) is 13.5. The standard InChI is InChI=1S/C20H27N/c1-14-10-11-21(13-15(14)2)18-9-8-16-4-3-5-19(17-6-7-17)20(16)12-18/h3-5,17-18H,6-13H2,1-2H3. The van der Waals surface area contributed by atoms with Crippen molar-refractivity contribution in [3.63, 3.8) is 0 Å². The minimum Gasteiger partial charge on any atom is -0.296 e. The van der Waals surface area contributed by atoms with Crippen LogP contribution in [0.1, 0.15) is 62.1 Å². The number of rotatable bonds is 2. The van der Waals surface area contributed by atoms with E-state index in [0.29, 0.717) is 0 Å². The molecule has 1 aromatic rings. The fraction of sp³-hybridized carbons (Fsp3) is 0.600. The highest BCUT2D eigenvalue weighted by molar-refractivity contribution is 5.41. The van der Waals surface area contributed by atoms with Crippen molar-refractivity contribution in [2.45, 2.75) is 64.3 Å². The number of nitrogens with zero attached hydrogens (tertiary/aromatic N) is 1. The molecular weight excluding hydrogens is 254 g/mol. The van der Waals surface area contributed by atoms with E-state index in [1.54, 1.807) is 27.8 Å². The van der Waals surface area contributed by atoms with Gasteiger partial charge < -0.3 is 0 Å². The fourth-order valence-electron chi connectivity index (χ4n) is 4.24. The molecule has 4 rings (SSSR count).